The highest BCUT2D eigenvalue weighted by Crippen LogP contribution is 2.24. The summed E-state index contributed by atoms with van der Waals surface area (Å²) in [5, 5.41) is 13.0. The van der Waals surface area contributed by atoms with Crippen molar-refractivity contribution in [2.45, 2.75) is 39.0 Å². The van der Waals surface area contributed by atoms with Gasteiger partial charge in [-0.1, -0.05) is 12.1 Å². The van der Waals surface area contributed by atoms with Crippen molar-refractivity contribution in [2.24, 2.45) is 0 Å². The number of benzene rings is 1. The summed E-state index contributed by atoms with van der Waals surface area (Å²) < 4.78 is 5.50. The summed E-state index contributed by atoms with van der Waals surface area (Å²) in [5.74, 6) is 1.84. The molecular weight excluding hydrogens is 382 g/mol. The predicted molar refractivity (Wildman–Crippen MR) is 113 cm³/mol. The monoisotopic (exact) mass is 407 g/mol. The summed E-state index contributed by atoms with van der Waals surface area (Å²) in [6, 6.07) is 9.21. The molecule has 1 atom stereocenters. The number of aryl methyl sites for hydroxylation is 2. The maximum Gasteiger partial charge on any atom is 0.349 e. The van der Waals surface area contributed by atoms with E-state index in [4.69, 9.17) is 4.42 Å². The van der Waals surface area contributed by atoms with Gasteiger partial charge in [0.25, 0.3) is 5.91 Å². The molecule has 0 saturated carbocycles. The molecule has 3 N–H and O–H groups in total. The molecule has 156 valence electrons. The van der Waals surface area contributed by atoms with Crippen LogP contribution in [-0.2, 0) is 6.42 Å². The van der Waals surface area contributed by atoms with Crippen LogP contribution in [-0.4, -0.2) is 34.2 Å². The number of nitrogens with zero attached hydrogens (tertiary/aromatic N) is 2. The third-order valence-corrected chi connectivity index (χ3v) is 5.31. The molecule has 0 radical (unpaired) electrons. The van der Waals surface area contributed by atoms with Gasteiger partial charge in [-0.05, 0) is 62.6 Å². The Morgan fingerprint density at radius 1 is 1.27 bits per heavy atom. The molecule has 1 fully saturated rings. The maximum absolute atomic E-state index is 12.7. The van der Waals surface area contributed by atoms with E-state index in [2.05, 4.69) is 25.8 Å². The van der Waals surface area contributed by atoms with E-state index >= 15 is 0 Å². The number of aromatic amines is 1. The Balaban J connectivity index is 1.46. The van der Waals surface area contributed by atoms with E-state index < -0.39 is 11.5 Å². The van der Waals surface area contributed by atoms with Crippen LogP contribution in [0.5, 0.6) is 0 Å². The fraction of sp³-hybridized carbons (Fsp3) is 0.364. The summed E-state index contributed by atoms with van der Waals surface area (Å²) in [7, 11) is 0. The van der Waals surface area contributed by atoms with Crippen molar-refractivity contribution >= 4 is 11.6 Å². The molecule has 1 amide bonds. The first kappa shape index (κ1) is 20.0. The number of carbonyl (C=O) groups excluding carboxylic acids is 1. The second-order valence-corrected chi connectivity index (χ2v) is 7.70. The van der Waals surface area contributed by atoms with Gasteiger partial charge in [0.1, 0.15) is 17.1 Å². The zero-order valence-electron chi connectivity index (χ0n) is 17.1. The van der Waals surface area contributed by atoms with Crippen molar-refractivity contribution in [1.29, 1.82) is 0 Å². The van der Waals surface area contributed by atoms with E-state index in [0.29, 0.717) is 29.3 Å². The van der Waals surface area contributed by atoms with E-state index in [1.165, 1.54) is 0 Å². The van der Waals surface area contributed by atoms with Crippen LogP contribution in [0.3, 0.4) is 0 Å². The van der Waals surface area contributed by atoms with Crippen molar-refractivity contribution in [3.63, 3.8) is 0 Å². The van der Waals surface area contributed by atoms with E-state index in [9.17, 15) is 9.59 Å². The van der Waals surface area contributed by atoms with Crippen molar-refractivity contribution in [3.8, 4) is 0 Å². The fourth-order valence-corrected chi connectivity index (χ4v) is 3.75. The van der Waals surface area contributed by atoms with E-state index in [0.717, 1.165) is 37.3 Å². The Hall–Kier alpha value is -3.26. The molecule has 8 heteroatoms. The normalized spacial score (nSPS) is 16.4. The first-order valence-electron chi connectivity index (χ1n) is 10.1. The first-order chi connectivity index (χ1) is 14.5. The Kier molecular flexibility index (Phi) is 5.76. The van der Waals surface area contributed by atoms with Gasteiger partial charge in [-0.25, -0.2) is 9.78 Å². The minimum absolute atomic E-state index is 0.0443. The van der Waals surface area contributed by atoms with Crippen LogP contribution in [0.15, 0.2) is 39.5 Å². The van der Waals surface area contributed by atoms with Gasteiger partial charge in [-0.15, -0.1) is 0 Å². The lowest BCUT2D eigenvalue weighted by molar-refractivity contribution is 0.102. The SMILES string of the molecule is Cc1nc(Cc2ccc(NC(=O)c3c(C)cc(C4CCCNC4)oc3=O)cc2)n[nH]1. The highest BCUT2D eigenvalue weighted by molar-refractivity contribution is 6.04. The lowest BCUT2D eigenvalue weighted by Gasteiger charge is -2.22. The summed E-state index contributed by atoms with van der Waals surface area (Å²) in [6.07, 6.45) is 2.61. The van der Waals surface area contributed by atoms with Gasteiger partial charge >= 0.3 is 5.63 Å². The Morgan fingerprint density at radius 3 is 2.70 bits per heavy atom. The van der Waals surface area contributed by atoms with Crippen molar-refractivity contribution < 1.29 is 9.21 Å². The third-order valence-electron chi connectivity index (χ3n) is 5.31. The van der Waals surface area contributed by atoms with E-state index in [-0.39, 0.29) is 11.5 Å². The van der Waals surface area contributed by atoms with Gasteiger partial charge in [0.05, 0.1) is 0 Å². The van der Waals surface area contributed by atoms with Crippen molar-refractivity contribution in [3.05, 3.63) is 74.9 Å². The predicted octanol–water partition coefficient (Wildman–Crippen LogP) is 2.68. The van der Waals surface area contributed by atoms with E-state index in [1.54, 1.807) is 19.1 Å². The zero-order chi connectivity index (χ0) is 21.1. The molecule has 1 aromatic carbocycles. The van der Waals surface area contributed by atoms with Gasteiger partial charge < -0.3 is 15.1 Å². The van der Waals surface area contributed by atoms with Crippen molar-refractivity contribution in [2.75, 3.05) is 18.4 Å². The number of anilines is 1. The minimum Gasteiger partial charge on any atom is -0.427 e. The summed E-state index contributed by atoms with van der Waals surface area (Å²) in [5.41, 5.74) is 1.70. The van der Waals surface area contributed by atoms with E-state index in [1.807, 2.05) is 25.1 Å². The number of nitrogens with one attached hydrogen (secondary N) is 3. The average Bonchev–Trinajstić information content (AvgIpc) is 3.14. The topological polar surface area (TPSA) is 113 Å². The van der Waals surface area contributed by atoms with Gasteiger partial charge in [0.15, 0.2) is 5.82 Å². The molecule has 8 nitrogen and oxygen atoms in total. The number of H-pyrrole nitrogens is 1. The summed E-state index contributed by atoms with van der Waals surface area (Å²) >= 11 is 0. The molecule has 0 aliphatic carbocycles. The second-order valence-electron chi connectivity index (χ2n) is 7.70. The maximum atomic E-state index is 12.7. The lowest BCUT2D eigenvalue weighted by Crippen LogP contribution is -2.30. The number of aromatic nitrogens is 3. The number of amides is 1. The smallest absolute Gasteiger partial charge is 0.349 e. The highest BCUT2D eigenvalue weighted by atomic mass is 16.4. The molecule has 3 aromatic rings. The molecule has 0 bridgehead atoms. The van der Waals surface area contributed by atoms with Crippen LogP contribution < -0.4 is 16.3 Å². The largest absolute Gasteiger partial charge is 0.427 e. The number of hydrogen-bond donors (Lipinski definition) is 3. The second kappa shape index (κ2) is 8.62. The number of carbonyl (C=O) groups is 1. The molecule has 1 aliphatic heterocycles. The number of hydrogen-bond acceptors (Lipinski definition) is 6. The van der Waals surface area contributed by atoms with Crippen LogP contribution in [0.1, 0.15) is 57.7 Å². The average molecular weight is 407 g/mol. The van der Waals surface area contributed by atoms with Crippen LogP contribution in [0, 0.1) is 13.8 Å². The van der Waals surface area contributed by atoms with Crippen LogP contribution in [0.4, 0.5) is 5.69 Å². The summed E-state index contributed by atoms with van der Waals surface area (Å²) in [4.78, 5) is 29.5. The standard InChI is InChI=1S/C22H25N5O3/c1-13-10-18(16-4-3-9-23-12-16)30-22(29)20(13)21(28)25-17-7-5-15(6-8-17)11-19-24-14(2)26-27-19/h5-8,10,16,23H,3-4,9,11-12H2,1-2H3,(H,25,28)(H,24,26,27). The van der Waals surface area contributed by atoms with Crippen LogP contribution >= 0.6 is 0 Å². The molecule has 30 heavy (non-hydrogen) atoms. The molecule has 2 aromatic heterocycles. The molecule has 4 rings (SSSR count). The Labute approximate surface area is 174 Å². The molecular formula is C22H25N5O3. The molecule has 0 spiro atoms. The van der Waals surface area contributed by atoms with Gasteiger partial charge in [-0.2, -0.15) is 5.10 Å². The number of rotatable bonds is 5. The number of piperidine rings is 1. The highest BCUT2D eigenvalue weighted by Gasteiger charge is 2.22. The first-order valence-corrected chi connectivity index (χ1v) is 10.1. The van der Waals surface area contributed by atoms with Gasteiger partial charge in [0.2, 0.25) is 0 Å². The quantitative estimate of drug-likeness (QED) is 0.599. The Bertz CT molecular complexity index is 1090. The molecule has 1 unspecified atom stereocenters. The zero-order valence-corrected chi connectivity index (χ0v) is 17.1. The van der Waals surface area contributed by atoms with Crippen LogP contribution in [0.25, 0.3) is 0 Å². The Morgan fingerprint density at radius 2 is 2.07 bits per heavy atom. The fourth-order valence-electron chi connectivity index (χ4n) is 3.75. The van der Waals surface area contributed by atoms with Crippen molar-refractivity contribution in [1.82, 2.24) is 20.5 Å². The molecule has 1 aliphatic rings. The third kappa shape index (κ3) is 4.49. The molecule has 3 heterocycles. The van der Waals surface area contributed by atoms with Crippen LogP contribution in [0.2, 0.25) is 0 Å². The lowest BCUT2D eigenvalue weighted by atomic mass is 9.95. The van der Waals surface area contributed by atoms with Gasteiger partial charge in [-0.3, -0.25) is 9.89 Å². The summed E-state index contributed by atoms with van der Waals surface area (Å²) in [6.45, 7) is 5.39. The van der Waals surface area contributed by atoms with Gasteiger partial charge in [0, 0.05) is 24.6 Å². The minimum atomic E-state index is -0.593. The molecule has 1 saturated heterocycles.